The number of hydrogen-bond acceptors (Lipinski definition) is 5. The largest absolute Gasteiger partial charge is 0.439 e. The Kier molecular flexibility index (Phi) is 5.93. The normalized spacial score (nSPS) is 13.6. The van der Waals surface area contributed by atoms with Crippen molar-refractivity contribution < 1.29 is 13.9 Å². The monoisotopic (exact) mass is 405 g/mol. The Bertz CT molecular complexity index is 1030. The lowest BCUT2D eigenvalue weighted by atomic mass is 10.0. The predicted octanol–water partition coefficient (Wildman–Crippen LogP) is 4.51. The first-order valence-corrected chi connectivity index (χ1v) is 9.58. The molecule has 0 radical (unpaired) electrons. The van der Waals surface area contributed by atoms with Crippen LogP contribution >= 0.6 is 0 Å². The fraction of sp³-hybridized carbons (Fsp3) is 0.182. The van der Waals surface area contributed by atoms with Crippen molar-refractivity contribution in [3.8, 4) is 11.6 Å². The first-order chi connectivity index (χ1) is 14.7. The summed E-state index contributed by atoms with van der Waals surface area (Å²) in [6.45, 7) is 1.27. The number of ether oxygens (including phenoxy) is 1. The summed E-state index contributed by atoms with van der Waals surface area (Å²) in [7, 11) is 0. The molecule has 0 bridgehead atoms. The summed E-state index contributed by atoms with van der Waals surface area (Å²) < 4.78 is 18.7. The zero-order valence-electron chi connectivity index (χ0n) is 16.2. The van der Waals surface area contributed by atoms with Gasteiger partial charge in [-0.3, -0.25) is 5.32 Å². The third-order valence-corrected chi connectivity index (χ3v) is 4.65. The van der Waals surface area contributed by atoms with Gasteiger partial charge in [-0.1, -0.05) is 23.8 Å². The topological polar surface area (TPSA) is 80.2 Å². The molecule has 8 heteroatoms. The Morgan fingerprint density at radius 3 is 2.73 bits per heavy atom. The highest BCUT2D eigenvalue weighted by Gasteiger charge is 2.19. The van der Waals surface area contributed by atoms with Gasteiger partial charge in [0, 0.05) is 25.4 Å². The first kappa shape index (κ1) is 19.5. The van der Waals surface area contributed by atoms with Crippen molar-refractivity contribution in [1.82, 2.24) is 20.1 Å². The van der Waals surface area contributed by atoms with Crippen molar-refractivity contribution in [2.75, 3.05) is 18.4 Å². The van der Waals surface area contributed by atoms with E-state index in [1.165, 1.54) is 17.7 Å². The van der Waals surface area contributed by atoms with Crippen LogP contribution in [-0.2, 0) is 0 Å². The Labute approximate surface area is 173 Å². The Hall–Kier alpha value is -3.81. The van der Waals surface area contributed by atoms with Gasteiger partial charge in [-0.05, 0) is 48.7 Å². The van der Waals surface area contributed by atoms with Crippen molar-refractivity contribution in [3.05, 3.63) is 77.9 Å². The fourth-order valence-corrected chi connectivity index (χ4v) is 3.15. The number of aromatic nitrogens is 3. The van der Waals surface area contributed by atoms with E-state index in [1.807, 2.05) is 24.3 Å². The highest BCUT2D eigenvalue weighted by molar-refractivity contribution is 5.88. The van der Waals surface area contributed by atoms with Crippen molar-refractivity contribution in [2.24, 2.45) is 0 Å². The van der Waals surface area contributed by atoms with Gasteiger partial charge >= 0.3 is 6.03 Å². The maximum atomic E-state index is 13.0. The van der Waals surface area contributed by atoms with Gasteiger partial charge in [0.15, 0.2) is 5.82 Å². The number of benzene rings is 1. The quantitative estimate of drug-likeness (QED) is 0.691. The molecule has 1 aliphatic heterocycles. The predicted molar refractivity (Wildman–Crippen MR) is 111 cm³/mol. The molecular weight excluding hydrogens is 385 g/mol. The van der Waals surface area contributed by atoms with Gasteiger partial charge in [-0.25, -0.2) is 14.2 Å². The lowest BCUT2D eigenvalue weighted by molar-refractivity contribution is 0.207. The smallest absolute Gasteiger partial charge is 0.323 e. The number of halogens is 1. The molecule has 0 unspecified atom stereocenters. The number of amides is 2. The van der Waals surface area contributed by atoms with Crippen LogP contribution in [0, 0.1) is 5.82 Å². The van der Waals surface area contributed by atoms with Crippen molar-refractivity contribution in [1.29, 1.82) is 0 Å². The van der Waals surface area contributed by atoms with Gasteiger partial charge in [-0.2, -0.15) is 5.10 Å². The Morgan fingerprint density at radius 1 is 1.13 bits per heavy atom. The van der Waals surface area contributed by atoms with Gasteiger partial charge in [0.1, 0.15) is 11.6 Å². The van der Waals surface area contributed by atoms with Crippen LogP contribution in [0.3, 0.4) is 0 Å². The number of likely N-dealkylation sites (tertiary alicyclic amines) is 1. The molecule has 3 aromatic rings. The van der Waals surface area contributed by atoms with Crippen LogP contribution in [0.25, 0.3) is 6.08 Å². The third kappa shape index (κ3) is 5.16. The number of urea groups is 1. The highest BCUT2D eigenvalue weighted by Crippen LogP contribution is 2.24. The van der Waals surface area contributed by atoms with Crippen LogP contribution in [0.5, 0.6) is 11.6 Å². The second-order valence-corrected chi connectivity index (χ2v) is 6.82. The van der Waals surface area contributed by atoms with E-state index in [1.54, 1.807) is 23.2 Å². The minimum absolute atomic E-state index is 0.170. The van der Waals surface area contributed by atoms with E-state index in [4.69, 9.17) is 4.74 Å². The van der Waals surface area contributed by atoms with Crippen LogP contribution < -0.4 is 10.1 Å². The number of nitrogens with one attached hydrogen (secondary N) is 1. The molecule has 152 valence electrons. The number of hydrogen-bond donors (Lipinski definition) is 1. The molecule has 0 aliphatic carbocycles. The molecule has 7 nitrogen and oxygen atoms in total. The molecule has 30 heavy (non-hydrogen) atoms. The summed E-state index contributed by atoms with van der Waals surface area (Å²) in [5, 5.41) is 10.4. The van der Waals surface area contributed by atoms with E-state index < -0.39 is 5.82 Å². The average Bonchev–Trinajstić information content (AvgIpc) is 2.77. The second-order valence-electron chi connectivity index (χ2n) is 6.82. The van der Waals surface area contributed by atoms with Crippen LogP contribution in [0.4, 0.5) is 15.0 Å². The van der Waals surface area contributed by atoms with Crippen LogP contribution in [0.15, 0.2) is 66.5 Å². The molecule has 1 fully saturated rings. The highest BCUT2D eigenvalue weighted by atomic mass is 19.1. The summed E-state index contributed by atoms with van der Waals surface area (Å²) in [4.78, 5) is 18.0. The van der Waals surface area contributed by atoms with E-state index in [0.29, 0.717) is 30.5 Å². The van der Waals surface area contributed by atoms with Crippen LogP contribution in [0.1, 0.15) is 18.4 Å². The summed E-state index contributed by atoms with van der Waals surface area (Å²) in [5.74, 6) is 1.00. The number of anilines is 1. The SMILES string of the molecule is O=C(Nc1cccnn1)N1CCC(=Cc2cccc(Oc3ccc(F)cn3)c2)CC1. The number of pyridine rings is 1. The molecule has 1 aromatic carbocycles. The molecule has 1 N–H and O–H groups in total. The first-order valence-electron chi connectivity index (χ1n) is 9.58. The average molecular weight is 405 g/mol. The Balaban J connectivity index is 1.35. The van der Waals surface area contributed by atoms with E-state index in [2.05, 4.69) is 26.6 Å². The third-order valence-electron chi connectivity index (χ3n) is 4.65. The maximum Gasteiger partial charge on any atom is 0.323 e. The number of piperidine rings is 1. The number of carbonyl (C=O) groups excluding carboxylic acids is 1. The zero-order valence-corrected chi connectivity index (χ0v) is 16.2. The molecule has 1 aliphatic rings. The van der Waals surface area contributed by atoms with Crippen molar-refractivity contribution >= 4 is 17.9 Å². The van der Waals surface area contributed by atoms with E-state index >= 15 is 0 Å². The number of nitrogens with zero attached hydrogens (tertiary/aromatic N) is 4. The van der Waals surface area contributed by atoms with E-state index in [9.17, 15) is 9.18 Å². The number of carbonyl (C=O) groups is 1. The van der Waals surface area contributed by atoms with Crippen LogP contribution in [-0.4, -0.2) is 39.2 Å². The Morgan fingerprint density at radius 2 is 2.00 bits per heavy atom. The molecule has 2 aromatic heterocycles. The van der Waals surface area contributed by atoms with Crippen LogP contribution in [0.2, 0.25) is 0 Å². The summed E-state index contributed by atoms with van der Waals surface area (Å²) in [5.41, 5.74) is 2.26. The molecule has 0 spiro atoms. The lowest BCUT2D eigenvalue weighted by Crippen LogP contribution is -2.39. The molecule has 0 saturated carbocycles. The van der Waals surface area contributed by atoms with Gasteiger partial charge in [0.25, 0.3) is 0 Å². The second kappa shape index (κ2) is 9.13. The van der Waals surface area contributed by atoms with Crippen molar-refractivity contribution in [3.63, 3.8) is 0 Å². The van der Waals surface area contributed by atoms with E-state index in [0.717, 1.165) is 24.6 Å². The minimum atomic E-state index is -0.405. The summed E-state index contributed by atoms with van der Waals surface area (Å²) >= 11 is 0. The summed E-state index contributed by atoms with van der Waals surface area (Å²) in [6, 6.07) is 13.7. The summed E-state index contributed by atoms with van der Waals surface area (Å²) in [6.07, 6.45) is 6.37. The maximum absolute atomic E-state index is 13.0. The lowest BCUT2D eigenvalue weighted by Gasteiger charge is -2.28. The van der Waals surface area contributed by atoms with Gasteiger partial charge in [0.05, 0.1) is 6.20 Å². The standard InChI is InChI=1S/C22H20FN5O2/c23-18-6-7-21(24-15-18)30-19-4-1-3-17(14-19)13-16-8-11-28(12-9-16)22(29)26-20-5-2-10-25-27-20/h1-7,10,13-15H,8-9,11-12H2,(H,26,27,29). The minimum Gasteiger partial charge on any atom is -0.439 e. The molecule has 0 atom stereocenters. The zero-order chi connectivity index (χ0) is 20.8. The van der Waals surface area contributed by atoms with Crippen molar-refractivity contribution in [2.45, 2.75) is 12.8 Å². The molecule has 2 amide bonds. The molecular formula is C22H20FN5O2. The molecule has 1 saturated heterocycles. The number of rotatable bonds is 4. The van der Waals surface area contributed by atoms with Gasteiger partial charge < -0.3 is 9.64 Å². The van der Waals surface area contributed by atoms with Gasteiger partial charge in [-0.15, -0.1) is 5.10 Å². The van der Waals surface area contributed by atoms with Gasteiger partial charge in [0.2, 0.25) is 5.88 Å². The molecule has 3 heterocycles. The van der Waals surface area contributed by atoms with E-state index in [-0.39, 0.29) is 6.03 Å². The molecule has 4 rings (SSSR count). The fourth-order valence-electron chi connectivity index (χ4n) is 3.15.